The number of primary amides is 1. The predicted octanol–water partition coefficient (Wildman–Crippen LogP) is 1.80. The minimum Gasteiger partial charge on any atom is -0.486 e. The molecule has 0 saturated carbocycles. The van der Waals surface area contributed by atoms with Gasteiger partial charge in [-0.2, -0.15) is 5.10 Å². The van der Waals surface area contributed by atoms with Crippen molar-refractivity contribution in [3.8, 4) is 11.5 Å². The third-order valence-electron chi connectivity index (χ3n) is 4.54. The summed E-state index contributed by atoms with van der Waals surface area (Å²) in [5.41, 5.74) is 7.40. The Labute approximate surface area is 149 Å². The second kappa shape index (κ2) is 6.62. The van der Waals surface area contributed by atoms with Crippen LogP contribution in [0.5, 0.6) is 11.5 Å². The average molecular weight is 354 g/mol. The zero-order valence-corrected chi connectivity index (χ0v) is 14.1. The number of amides is 1. The second-order valence-corrected chi connectivity index (χ2v) is 6.21. The SMILES string of the molecule is NC(=O)c1cnn2c1N=C(c1ccc3c(c1)OCCO3)CC2CCC=O. The summed E-state index contributed by atoms with van der Waals surface area (Å²) in [5, 5.41) is 4.26. The van der Waals surface area contributed by atoms with E-state index >= 15 is 0 Å². The number of carbonyl (C=O) groups is 2. The van der Waals surface area contributed by atoms with Crippen LogP contribution < -0.4 is 15.2 Å². The van der Waals surface area contributed by atoms with E-state index in [0.717, 1.165) is 17.6 Å². The molecule has 0 radical (unpaired) electrons. The number of fused-ring (bicyclic) bond motifs is 2. The molecule has 3 heterocycles. The van der Waals surface area contributed by atoms with Crippen LogP contribution in [0.15, 0.2) is 29.4 Å². The summed E-state index contributed by atoms with van der Waals surface area (Å²) in [7, 11) is 0. The summed E-state index contributed by atoms with van der Waals surface area (Å²) in [6.07, 6.45) is 3.93. The Morgan fingerprint density at radius 3 is 2.88 bits per heavy atom. The standard InChI is InChI=1S/C18H18N4O4/c19-17(24)13-10-20-22-12(2-1-5-23)9-14(21-18(13)22)11-3-4-15-16(8-11)26-7-6-25-15/h3-5,8,10,12H,1-2,6-7,9H2,(H2,19,24). The largest absolute Gasteiger partial charge is 0.486 e. The third kappa shape index (κ3) is 2.83. The molecule has 1 amide bonds. The maximum Gasteiger partial charge on any atom is 0.254 e. The monoisotopic (exact) mass is 354 g/mol. The van der Waals surface area contributed by atoms with Gasteiger partial charge in [0.1, 0.15) is 25.1 Å². The number of nitrogens with zero attached hydrogens (tertiary/aromatic N) is 3. The number of aldehydes is 1. The molecule has 2 aromatic rings. The molecule has 2 aliphatic heterocycles. The molecule has 2 aliphatic rings. The highest BCUT2D eigenvalue weighted by molar-refractivity contribution is 6.05. The van der Waals surface area contributed by atoms with Gasteiger partial charge in [-0.3, -0.25) is 4.79 Å². The second-order valence-electron chi connectivity index (χ2n) is 6.21. The Morgan fingerprint density at radius 1 is 1.31 bits per heavy atom. The van der Waals surface area contributed by atoms with Gasteiger partial charge in [-0.15, -0.1) is 0 Å². The van der Waals surface area contributed by atoms with Gasteiger partial charge in [-0.05, 0) is 24.6 Å². The molecule has 1 unspecified atom stereocenters. The lowest BCUT2D eigenvalue weighted by molar-refractivity contribution is -0.108. The van der Waals surface area contributed by atoms with E-state index in [4.69, 9.17) is 15.2 Å². The number of aliphatic imine (C=N–C) groups is 1. The number of ether oxygens (including phenoxy) is 2. The number of hydrogen-bond donors (Lipinski definition) is 1. The van der Waals surface area contributed by atoms with Gasteiger partial charge in [0.2, 0.25) is 0 Å². The van der Waals surface area contributed by atoms with Crippen LogP contribution in [-0.2, 0) is 4.79 Å². The van der Waals surface area contributed by atoms with Crippen LogP contribution in [-0.4, -0.2) is 40.9 Å². The minimum absolute atomic E-state index is 0.0657. The van der Waals surface area contributed by atoms with Crippen molar-refractivity contribution >= 4 is 23.7 Å². The number of benzene rings is 1. The van der Waals surface area contributed by atoms with E-state index in [1.54, 1.807) is 4.68 Å². The van der Waals surface area contributed by atoms with Gasteiger partial charge in [0, 0.05) is 18.4 Å². The number of aromatic nitrogens is 2. The lowest BCUT2D eigenvalue weighted by atomic mass is 9.97. The first kappa shape index (κ1) is 16.3. The lowest BCUT2D eigenvalue weighted by Gasteiger charge is -2.25. The Morgan fingerprint density at radius 2 is 2.12 bits per heavy atom. The molecule has 26 heavy (non-hydrogen) atoms. The maximum atomic E-state index is 11.7. The first-order valence-electron chi connectivity index (χ1n) is 8.46. The van der Waals surface area contributed by atoms with Gasteiger partial charge in [0.15, 0.2) is 17.3 Å². The minimum atomic E-state index is -0.576. The summed E-state index contributed by atoms with van der Waals surface area (Å²) in [6, 6.07) is 5.59. The quantitative estimate of drug-likeness (QED) is 0.824. The first-order chi connectivity index (χ1) is 12.7. The number of rotatable bonds is 5. The predicted molar refractivity (Wildman–Crippen MR) is 93.3 cm³/mol. The smallest absolute Gasteiger partial charge is 0.254 e. The van der Waals surface area contributed by atoms with Gasteiger partial charge in [-0.1, -0.05) is 0 Å². The molecule has 4 rings (SSSR count). The number of nitrogens with two attached hydrogens (primary N) is 1. The topological polar surface area (TPSA) is 109 Å². The fourth-order valence-electron chi connectivity index (χ4n) is 3.28. The summed E-state index contributed by atoms with van der Waals surface area (Å²) < 4.78 is 12.9. The van der Waals surface area contributed by atoms with Crippen LogP contribution in [0.3, 0.4) is 0 Å². The molecule has 0 spiro atoms. The fraction of sp³-hybridized carbons (Fsp3) is 0.333. The van der Waals surface area contributed by atoms with E-state index in [-0.39, 0.29) is 11.6 Å². The van der Waals surface area contributed by atoms with E-state index in [1.807, 2.05) is 18.2 Å². The molecular formula is C18H18N4O4. The van der Waals surface area contributed by atoms with Crippen molar-refractivity contribution in [3.63, 3.8) is 0 Å². The van der Waals surface area contributed by atoms with Crippen LogP contribution in [0, 0.1) is 0 Å². The zero-order chi connectivity index (χ0) is 18.1. The molecule has 0 aliphatic carbocycles. The van der Waals surface area contributed by atoms with Crippen LogP contribution in [0.1, 0.15) is 41.2 Å². The first-order valence-corrected chi connectivity index (χ1v) is 8.46. The third-order valence-corrected chi connectivity index (χ3v) is 4.54. The summed E-state index contributed by atoms with van der Waals surface area (Å²) in [4.78, 5) is 27.2. The van der Waals surface area contributed by atoms with E-state index < -0.39 is 5.91 Å². The van der Waals surface area contributed by atoms with E-state index in [1.165, 1.54) is 6.20 Å². The Hall–Kier alpha value is -3.16. The van der Waals surface area contributed by atoms with E-state index in [0.29, 0.717) is 49.8 Å². The van der Waals surface area contributed by atoms with Gasteiger partial charge in [-0.25, -0.2) is 9.67 Å². The van der Waals surface area contributed by atoms with Crippen molar-refractivity contribution in [3.05, 3.63) is 35.5 Å². The normalized spacial score (nSPS) is 18.0. The molecule has 134 valence electrons. The Balaban J connectivity index is 1.75. The van der Waals surface area contributed by atoms with E-state index in [2.05, 4.69) is 10.1 Å². The molecule has 0 fully saturated rings. The molecule has 1 atom stereocenters. The molecular weight excluding hydrogens is 336 g/mol. The number of carbonyl (C=O) groups excluding carboxylic acids is 2. The van der Waals surface area contributed by atoms with Crippen LogP contribution in [0.2, 0.25) is 0 Å². The van der Waals surface area contributed by atoms with Crippen molar-refractivity contribution in [1.29, 1.82) is 0 Å². The molecule has 1 aromatic carbocycles. The van der Waals surface area contributed by atoms with Crippen molar-refractivity contribution in [2.75, 3.05) is 13.2 Å². The highest BCUT2D eigenvalue weighted by atomic mass is 16.6. The van der Waals surface area contributed by atoms with Gasteiger partial charge < -0.3 is 20.0 Å². The average Bonchev–Trinajstić information content (AvgIpc) is 3.10. The summed E-state index contributed by atoms with van der Waals surface area (Å²) in [5.74, 6) is 1.24. The van der Waals surface area contributed by atoms with E-state index in [9.17, 15) is 9.59 Å². The molecule has 0 bridgehead atoms. The lowest BCUT2D eigenvalue weighted by Crippen LogP contribution is -2.22. The van der Waals surface area contributed by atoms with Gasteiger partial charge >= 0.3 is 0 Å². The highest BCUT2D eigenvalue weighted by Crippen LogP contribution is 2.36. The molecule has 8 heteroatoms. The van der Waals surface area contributed by atoms with Crippen LogP contribution in [0.4, 0.5) is 5.82 Å². The van der Waals surface area contributed by atoms with Gasteiger partial charge in [0.05, 0.1) is 18.0 Å². The van der Waals surface area contributed by atoms with Crippen molar-refractivity contribution in [1.82, 2.24) is 9.78 Å². The summed E-state index contributed by atoms with van der Waals surface area (Å²) >= 11 is 0. The zero-order valence-electron chi connectivity index (χ0n) is 14.1. The van der Waals surface area contributed by atoms with Crippen molar-refractivity contribution in [2.45, 2.75) is 25.3 Å². The van der Waals surface area contributed by atoms with Crippen LogP contribution in [0.25, 0.3) is 0 Å². The Bertz CT molecular complexity index is 903. The maximum absolute atomic E-state index is 11.7. The molecule has 8 nitrogen and oxygen atoms in total. The van der Waals surface area contributed by atoms with Gasteiger partial charge in [0.25, 0.3) is 5.91 Å². The van der Waals surface area contributed by atoms with Crippen molar-refractivity contribution < 1.29 is 19.1 Å². The Kier molecular flexibility index (Phi) is 4.16. The van der Waals surface area contributed by atoms with Crippen LogP contribution >= 0.6 is 0 Å². The molecule has 1 aromatic heterocycles. The molecule has 2 N–H and O–H groups in total. The number of hydrogen-bond acceptors (Lipinski definition) is 6. The highest BCUT2D eigenvalue weighted by Gasteiger charge is 2.28. The molecule has 0 saturated heterocycles. The van der Waals surface area contributed by atoms with Crippen molar-refractivity contribution in [2.24, 2.45) is 10.7 Å². The fourth-order valence-corrected chi connectivity index (χ4v) is 3.28. The summed E-state index contributed by atoms with van der Waals surface area (Å²) in [6.45, 7) is 1.03.